The molecule has 0 radical (unpaired) electrons. The van der Waals surface area contributed by atoms with Gasteiger partial charge in [0, 0.05) is 32.8 Å². The van der Waals surface area contributed by atoms with Crippen molar-refractivity contribution in [1.82, 2.24) is 8.61 Å². The van der Waals surface area contributed by atoms with Crippen molar-refractivity contribution >= 4 is 10.2 Å². The molecule has 1 saturated heterocycles. The number of aliphatic hydroxyl groups excluding tert-OH is 1. The molecule has 0 bridgehead atoms. The first-order chi connectivity index (χ1) is 9.55. The molecule has 5 nitrogen and oxygen atoms in total. The summed E-state index contributed by atoms with van der Waals surface area (Å²) in [6.07, 6.45) is 8.03. The van der Waals surface area contributed by atoms with E-state index in [4.69, 9.17) is 0 Å². The van der Waals surface area contributed by atoms with Gasteiger partial charge in [0.2, 0.25) is 0 Å². The molecule has 1 N–H and O–H groups in total. The van der Waals surface area contributed by atoms with Gasteiger partial charge in [-0.05, 0) is 38.0 Å². The van der Waals surface area contributed by atoms with Gasteiger partial charge in [-0.1, -0.05) is 19.3 Å². The zero-order valence-corrected chi connectivity index (χ0v) is 13.3. The summed E-state index contributed by atoms with van der Waals surface area (Å²) >= 11 is 0. The van der Waals surface area contributed by atoms with Crippen LogP contribution in [0.1, 0.15) is 51.4 Å². The summed E-state index contributed by atoms with van der Waals surface area (Å²) in [5.41, 5.74) is 0. The fraction of sp³-hybridized carbons (Fsp3) is 1.00. The van der Waals surface area contributed by atoms with E-state index in [1.54, 1.807) is 15.7 Å². The Morgan fingerprint density at radius 3 is 2.40 bits per heavy atom. The molecule has 20 heavy (non-hydrogen) atoms. The van der Waals surface area contributed by atoms with E-state index in [9.17, 15) is 13.5 Å². The number of nitrogens with zero attached hydrogens (tertiary/aromatic N) is 2. The van der Waals surface area contributed by atoms with Crippen LogP contribution in [0.5, 0.6) is 0 Å². The summed E-state index contributed by atoms with van der Waals surface area (Å²) < 4.78 is 28.7. The Balaban J connectivity index is 2.01. The van der Waals surface area contributed by atoms with E-state index in [0.29, 0.717) is 13.1 Å². The van der Waals surface area contributed by atoms with Crippen molar-refractivity contribution in [2.24, 2.45) is 5.92 Å². The molecule has 1 atom stereocenters. The SMILES string of the molecule is CN(C1CCCCC1)S(=O)(=O)N1CCCC(CO)CC1. The van der Waals surface area contributed by atoms with Crippen molar-refractivity contribution in [2.45, 2.75) is 57.4 Å². The summed E-state index contributed by atoms with van der Waals surface area (Å²) in [7, 11) is -1.60. The van der Waals surface area contributed by atoms with E-state index in [0.717, 1.165) is 44.9 Å². The largest absolute Gasteiger partial charge is 0.396 e. The number of hydrogen-bond acceptors (Lipinski definition) is 3. The fourth-order valence-corrected chi connectivity index (χ4v) is 5.02. The average molecular weight is 304 g/mol. The molecule has 2 aliphatic rings. The van der Waals surface area contributed by atoms with E-state index in [-0.39, 0.29) is 18.6 Å². The molecule has 2 rings (SSSR count). The zero-order valence-electron chi connectivity index (χ0n) is 12.5. The van der Waals surface area contributed by atoms with E-state index < -0.39 is 10.2 Å². The standard InChI is InChI=1S/C14H28N2O3S/c1-15(14-7-3-2-4-8-14)20(18,19)16-10-5-6-13(12-17)9-11-16/h13-14,17H,2-12H2,1H3. The van der Waals surface area contributed by atoms with Crippen LogP contribution in [0.15, 0.2) is 0 Å². The van der Waals surface area contributed by atoms with Crippen molar-refractivity contribution in [1.29, 1.82) is 0 Å². The Morgan fingerprint density at radius 2 is 1.75 bits per heavy atom. The normalized spacial score (nSPS) is 27.6. The van der Waals surface area contributed by atoms with Crippen LogP contribution in [0.2, 0.25) is 0 Å². The van der Waals surface area contributed by atoms with Crippen LogP contribution < -0.4 is 0 Å². The lowest BCUT2D eigenvalue weighted by atomic mass is 9.96. The second-order valence-electron chi connectivity index (χ2n) is 6.19. The molecule has 1 saturated carbocycles. The Hall–Kier alpha value is -0.170. The molecular formula is C14H28N2O3S. The summed E-state index contributed by atoms with van der Waals surface area (Å²) in [4.78, 5) is 0. The van der Waals surface area contributed by atoms with E-state index in [1.807, 2.05) is 0 Å². The predicted octanol–water partition coefficient (Wildman–Crippen LogP) is 1.59. The maximum atomic E-state index is 12.7. The number of hydrogen-bond donors (Lipinski definition) is 1. The topological polar surface area (TPSA) is 60.9 Å². The first kappa shape index (κ1) is 16.2. The lowest BCUT2D eigenvalue weighted by Gasteiger charge is -2.34. The van der Waals surface area contributed by atoms with Crippen molar-refractivity contribution in [3.05, 3.63) is 0 Å². The van der Waals surface area contributed by atoms with Crippen molar-refractivity contribution in [3.8, 4) is 0 Å². The number of rotatable bonds is 4. The summed E-state index contributed by atoms with van der Waals surface area (Å²) in [6.45, 7) is 1.31. The minimum atomic E-state index is -3.33. The summed E-state index contributed by atoms with van der Waals surface area (Å²) in [5, 5.41) is 9.24. The lowest BCUT2D eigenvalue weighted by molar-refractivity contribution is 0.212. The lowest BCUT2D eigenvalue weighted by Crippen LogP contribution is -2.47. The van der Waals surface area contributed by atoms with Crippen molar-refractivity contribution in [3.63, 3.8) is 0 Å². The van der Waals surface area contributed by atoms with Gasteiger partial charge >= 0.3 is 0 Å². The monoisotopic (exact) mass is 304 g/mol. The van der Waals surface area contributed by atoms with Gasteiger partial charge in [0.25, 0.3) is 10.2 Å². The minimum Gasteiger partial charge on any atom is -0.396 e. The van der Waals surface area contributed by atoms with Crippen LogP contribution in [0, 0.1) is 5.92 Å². The quantitative estimate of drug-likeness (QED) is 0.858. The Bertz CT molecular complexity index is 393. The second-order valence-corrected chi connectivity index (χ2v) is 8.18. The Kier molecular flexibility index (Phi) is 5.84. The molecule has 0 amide bonds. The molecule has 0 spiro atoms. The molecule has 0 aromatic rings. The van der Waals surface area contributed by atoms with Crippen molar-refractivity contribution < 1.29 is 13.5 Å². The summed E-state index contributed by atoms with van der Waals surface area (Å²) in [5.74, 6) is 0.259. The molecule has 1 aliphatic heterocycles. The van der Waals surface area contributed by atoms with Crippen LogP contribution in [0.3, 0.4) is 0 Å². The maximum absolute atomic E-state index is 12.7. The van der Waals surface area contributed by atoms with Gasteiger partial charge in [0.1, 0.15) is 0 Å². The smallest absolute Gasteiger partial charge is 0.281 e. The van der Waals surface area contributed by atoms with Gasteiger partial charge in [-0.15, -0.1) is 0 Å². The van der Waals surface area contributed by atoms with Gasteiger partial charge in [0.15, 0.2) is 0 Å². The molecule has 0 aromatic carbocycles. The second kappa shape index (κ2) is 7.20. The van der Waals surface area contributed by atoms with Crippen LogP contribution in [-0.2, 0) is 10.2 Å². The highest BCUT2D eigenvalue weighted by Crippen LogP contribution is 2.26. The molecule has 1 heterocycles. The highest BCUT2D eigenvalue weighted by Gasteiger charge is 2.33. The number of aliphatic hydroxyl groups is 1. The van der Waals surface area contributed by atoms with Gasteiger partial charge in [-0.25, -0.2) is 0 Å². The van der Waals surface area contributed by atoms with Crippen LogP contribution in [-0.4, -0.2) is 54.9 Å². The van der Waals surface area contributed by atoms with E-state index in [2.05, 4.69) is 0 Å². The first-order valence-electron chi connectivity index (χ1n) is 7.89. The third kappa shape index (κ3) is 3.72. The average Bonchev–Trinajstić information content (AvgIpc) is 2.73. The van der Waals surface area contributed by atoms with Gasteiger partial charge in [0.05, 0.1) is 0 Å². The van der Waals surface area contributed by atoms with Crippen LogP contribution in [0.4, 0.5) is 0 Å². The van der Waals surface area contributed by atoms with Gasteiger partial charge in [-0.2, -0.15) is 17.0 Å². The van der Waals surface area contributed by atoms with E-state index in [1.165, 1.54) is 6.42 Å². The molecular weight excluding hydrogens is 276 g/mol. The third-order valence-corrected chi connectivity index (χ3v) is 6.89. The van der Waals surface area contributed by atoms with Gasteiger partial charge in [-0.3, -0.25) is 0 Å². The Labute approximate surface area is 123 Å². The highest BCUT2D eigenvalue weighted by molar-refractivity contribution is 7.86. The molecule has 1 aliphatic carbocycles. The zero-order chi connectivity index (χ0) is 14.6. The van der Waals surface area contributed by atoms with Gasteiger partial charge < -0.3 is 5.11 Å². The molecule has 0 aromatic heterocycles. The van der Waals surface area contributed by atoms with Crippen LogP contribution >= 0.6 is 0 Å². The minimum absolute atomic E-state index is 0.172. The van der Waals surface area contributed by atoms with Crippen LogP contribution in [0.25, 0.3) is 0 Å². The molecule has 6 heteroatoms. The fourth-order valence-electron chi connectivity index (χ4n) is 3.37. The molecule has 118 valence electrons. The Morgan fingerprint density at radius 1 is 1.05 bits per heavy atom. The third-order valence-electron chi connectivity index (χ3n) is 4.84. The molecule has 1 unspecified atom stereocenters. The van der Waals surface area contributed by atoms with Crippen molar-refractivity contribution in [2.75, 3.05) is 26.7 Å². The van der Waals surface area contributed by atoms with E-state index >= 15 is 0 Å². The first-order valence-corrected chi connectivity index (χ1v) is 9.29. The maximum Gasteiger partial charge on any atom is 0.281 e. The highest BCUT2D eigenvalue weighted by atomic mass is 32.2. The summed E-state index contributed by atoms with van der Waals surface area (Å²) in [6, 6.07) is 0.172. The predicted molar refractivity (Wildman–Crippen MR) is 79.6 cm³/mol. The molecule has 2 fully saturated rings.